The summed E-state index contributed by atoms with van der Waals surface area (Å²) < 4.78 is 37.6. The summed E-state index contributed by atoms with van der Waals surface area (Å²) in [5.41, 5.74) is 6.34. The van der Waals surface area contributed by atoms with Crippen molar-refractivity contribution < 1.29 is 12.6 Å². The van der Waals surface area contributed by atoms with Gasteiger partial charge in [-0.25, -0.2) is 13.1 Å². The zero-order valence-electron chi connectivity index (χ0n) is 11.1. The zero-order valence-corrected chi connectivity index (χ0v) is 12.8. The molecule has 0 heterocycles. The SMILES string of the molecule is CC(CCNS(=O)(=O)c1ccc(CN)cc1)S(C)=O. The summed E-state index contributed by atoms with van der Waals surface area (Å²) in [5.74, 6) is 0. The summed E-state index contributed by atoms with van der Waals surface area (Å²) in [6, 6.07) is 6.45. The molecule has 0 aliphatic rings. The normalized spacial score (nSPS) is 15.1. The lowest BCUT2D eigenvalue weighted by Crippen LogP contribution is -2.27. The first-order chi connectivity index (χ1) is 8.86. The van der Waals surface area contributed by atoms with Gasteiger partial charge in [-0.1, -0.05) is 19.1 Å². The number of hydrogen-bond acceptors (Lipinski definition) is 4. The highest BCUT2D eigenvalue weighted by Gasteiger charge is 2.14. The molecule has 0 fully saturated rings. The third-order valence-electron chi connectivity index (χ3n) is 2.88. The second-order valence-electron chi connectivity index (χ2n) is 4.34. The quantitative estimate of drug-likeness (QED) is 0.771. The summed E-state index contributed by atoms with van der Waals surface area (Å²) >= 11 is 0. The van der Waals surface area contributed by atoms with E-state index < -0.39 is 20.8 Å². The van der Waals surface area contributed by atoms with Crippen LogP contribution in [-0.2, 0) is 27.4 Å². The molecule has 1 aromatic carbocycles. The molecule has 3 N–H and O–H groups in total. The van der Waals surface area contributed by atoms with Crippen LogP contribution in [0.3, 0.4) is 0 Å². The van der Waals surface area contributed by atoms with Crippen molar-refractivity contribution in [1.82, 2.24) is 4.72 Å². The van der Waals surface area contributed by atoms with E-state index in [0.29, 0.717) is 13.0 Å². The second kappa shape index (κ2) is 7.14. The van der Waals surface area contributed by atoms with E-state index in [1.807, 2.05) is 6.92 Å². The highest BCUT2D eigenvalue weighted by molar-refractivity contribution is 7.89. The fourth-order valence-electron chi connectivity index (χ4n) is 1.45. The maximum atomic E-state index is 12.0. The van der Waals surface area contributed by atoms with E-state index in [1.165, 1.54) is 12.1 Å². The van der Waals surface area contributed by atoms with Crippen LogP contribution in [0, 0.1) is 0 Å². The first-order valence-corrected chi connectivity index (χ1v) is 9.08. The standard InChI is InChI=1S/C12H20N2O3S2/c1-10(18(2)15)7-8-14-19(16,17)12-5-3-11(9-13)4-6-12/h3-6,10,14H,7-9,13H2,1-2H3. The molecule has 0 saturated carbocycles. The number of nitrogens with one attached hydrogen (secondary N) is 1. The highest BCUT2D eigenvalue weighted by Crippen LogP contribution is 2.10. The van der Waals surface area contributed by atoms with Gasteiger partial charge in [0, 0.05) is 35.4 Å². The van der Waals surface area contributed by atoms with E-state index in [2.05, 4.69) is 4.72 Å². The van der Waals surface area contributed by atoms with Gasteiger partial charge >= 0.3 is 0 Å². The lowest BCUT2D eigenvalue weighted by Gasteiger charge is -2.10. The average Bonchev–Trinajstić information content (AvgIpc) is 2.38. The van der Waals surface area contributed by atoms with Crippen molar-refractivity contribution in [3.63, 3.8) is 0 Å². The van der Waals surface area contributed by atoms with Crippen molar-refractivity contribution in [2.24, 2.45) is 5.73 Å². The van der Waals surface area contributed by atoms with E-state index in [4.69, 9.17) is 5.73 Å². The van der Waals surface area contributed by atoms with E-state index in [9.17, 15) is 12.6 Å². The van der Waals surface area contributed by atoms with Crippen LogP contribution in [0.2, 0.25) is 0 Å². The minimum absolute atomic E-state index is 0.0256. The summed E-state index contributed by atoms with van der Waals surface area (Å²) in [6.07, 6.45) is 2.16. The molecule has 0 amide bonds. The van der Waals surface area contributed by atoms with Crippen molar-refractivity contribution in [3.8, 4) is 0 Å². The molecule has 2 unspecified atom stereocenters. The van der Waals surface area contributed by atoms with Crippen molar-refractivity contribution in [2.75, 3.05) is 12.8 Å². The van der Waals surface area contributed by atoms with Gasteiger partial charge in [0.1, 0.15) is 0 Å². The third-order valence-corrected chi connectivity index (χ3v) is 5.72. The molecule has 0 aliphatic heterocycles. The Balaban J connectivity index is 2.62. The van der Waals surface area contributed by atoms with Crippen LogP contribution in [-0.4, -0.2) is 30.7 Å². The minimum atomic E-state index is -3.50. The summed E-state index contributed by atoms with van der Waals surface area (Å²) in [5, 5.41) is -0.0256. The Kier molecular flexibility index (Phi) is 6.12. The molecular weight excluding hydrogens is 284 g/mol. The molecule has 0 aliphatic carbocycles. The summed E-state index contributed by atoms with van der Waals surface area (Å²) in [7, 11) is -4.43. The van der Waals surface area contributed by atoms with Gasteiger partial charge < -0.3 is 5.73 Å². The summed E-state index contributed by atoms with van der Waals surface area (Å²) in [4.78, 5) is 0.218. The topological polar surface area (TPSA) is 89.3 Å². The lowest BCUT2D eigenvalue weighted by molar-refractivity contribution is 0.578. The molecule has 5 nitrogen and oxygen atoms in total. The van der Waals surface area contributed by atoms with E-state index in [-0.39, 0.29) is 16.7 Å². The van der Waals surface area contributed by atoms with Gasteiger partial charge in [-0.2, -0.15) is 0 Å². The fourth-order valence-corrected chi connectivity index (χ4v) is 2.95. The minimum Gasteiger partial charge on any atom is -0.326 e. The highest BCUT2D eigenvalue weighted by atomic mass is 32.2. The van der Waals surface area contributed by atoms with E-state index in [1.54, 1.807) is 18.4 Å². The molecule has 0 spiro atoms. The van der Waals surface area contributed by atoms with E-state index in [0.717, 1.165) is 5.56 Å². The third kappa shape index (κ3) is 5.02. The molecule has 0 bridgehead atoms. The Bertz CT molecular complexity index is 526. The fraction of sp³-hybridized carbons (Fsp3) is 0.500. The van der Waals surface area contributed by atoms with Crippen molar-refractivity contribution in [3.05, 3.63) is 29.8 Å². The molecule has 0 aromatic heterocycles. The van der Waals surface area contributed by atoms with E-state index >= 15 is 0 Å². The lowest BCUT2D eigenvalue weighted by atomic mass is 10.2. The number of sulfonamides is 1. The van der Waals surface area contributed by atoms with Crippen LogP contribution in [0.4, 0.5) is 0 Å². The molecule has 108 valence electrons. The molecule has 1 aromatic rings. The molecular formula is C12H20N2O3S2. The Morgan fingerprint density at radius 2 is 1.89 bits per heavy atom. The van der Waals surface area contributed by atoms with Gasteiger partial charge in [0.2, 0.25) is 10.0 Å². The molecule has 19 heavy (non-hydrogen) atoms. The Hall–Kier alpha value is -0.760. The smallest absolute Gasteiger partial charge is 0.240 e. The van der Waals surface area contributed by atoms with Crippen molar-refractivity contribution >= 4 is 20.8 Å². The Morgan fingerprint density at radius 3 is 2.37 bits per heavy atom. The first-order valence-electron chi connectivity index (χ1n) is 5.97. The van der Waals surface area contributed by atoms with Crippen molar-refractivity contribution in [2.45, 2.75) is 30.0 Å². The van der Waals surface area contributed by atoms with Crippen LogP contribution >= 0.6 is 0 Å². The molecule has 7 heteroatoms. The number of rotatable bonds is 7. The van der Waals surface area contributed by atoms with Gasteiger partial charge in [0.25, 0.3) is 0 Å². The van der Waals surface area contributed by atoms with Gasteiger partial charge in [0.05, 0.1) is 4.90 Å². The predicted octanol–water partition coefficient (Wildman–Crippen LogP) is 0.581. The maximum Gasteiger partial charge on any atom is 0.240 e. The monoisotopic (exact) mass is 304 g/mol. The van der Waals surface area contributed by atoms with Gasteiger partial charge in [-0.15, -0.1) is 0 Å². The van der Waals surface area contributed by atoms with Gasteiger partial charge in [-0.3, -0.25) is 4.21 Å². The number of benzene rings is 1. The van der Waals surface area contributed by atoms with Crippen LogP contribution in [0.25, 0.3) is 0 Å². The maximum absolute atomic E-state index is 12.0. The van der Waals surface area contributed by atoms with Gasteiger partial charge in [-0.05, 0) is 24.1 Å². The van der Waals surface area contributed by atoms with Crippen molar-refractivity contribution in [1.29, 1.82) is 0 Å². The van der Waals surface area contributed by atoms with Gasteiger partial charge in [0.15, 0.2) is 0 Å². The van der Waals surface area contributed by atoms with Crippen LogP contribution < -0.4 is 10.5 Å². The van der Waals surface area contributed by atoms with Crippen LogP contribution in [0.5, 0.6) is 0 Å². The molecule has 1 rings (SSSR count). The van der Waals surface area contributed by atoms with Crippen LogP contribution in [0.15, 0.2) is 29.2 Å². The predicted molar refractivity (Wildman–Crippen MR) is 77.7 cm³/mol. The van der Waals surface area contributed by atoms with Crippen LogP contribution in [0.1, 0.15) is 18.9 Å². The Morgan fingerprint density at radius 1 is 1.32 bits per heavy atom. The molecule has 0 radical (unpaired) electrons. The zero-order chi connectivity index (χ0) is 14.5. The number of hydrogen-bond donors (Lipinski definition) is 2. The molecule has 2 atom stereocenters. The average molecular weight is 304 g/mol. The molecule has 0 saturated heterocycles. The summed E-state index contributed by atoms with van der Waals surface area (Å²) in [6.45, 7) is 2.50. The second-order valence-corrected chi connectivity index (χ2v) is 7.91. The first kappa shape index (κ1) is 16.3. The largest absolute Gasteiger partial charge is 0.326 e. The number of nitrogens with two attached hydrogens (primary N) is 1. The Labute approximate surface area is 117 Å².